The van der Waals surface area contributed by atoms with Crippen LogP contribution in [0.15, 0.2) is 60.9 Å². The summed E-state index contributed by atoms with van der Waals surface area (Å²) in [6.45, 7) is 4.21. The van der Waals surface area contributed by atoms with Gasteiger partial charge < -0.3 is 10.6 Å². The van der Waals surface area contributed by atoms with Crippen LogP contribution in [0.1, 0.15) is 11.1 Å². The van der Waals surface area contributed by atoms with Crippen LogP contribution in [0.3, 0.4) is 0 Å². The minimum Gasteiger partial charge on any atom is -0.376 e. The van der Waals surface area contributed by atoms with E-state index in [1.807, 2.05) is 68.6 Å². The van der Waals surface area contributed by atoms with Crippen molar-refractivity contribution in [1.29, 1.82) is 0 Å². The summed E-state index contributed by atoms with van der Waals surface area (Å²) in [5.41, 5.74) is 4.87. The van der Waals surface area contributed by atoms with Gasteiger partial charge in [0, 0.05) is 23.8 Å². The van der Waals surface area contributed by atoms with Crippen LogP contribution in [0.4, 0.5) is 11.4 Å². The number of nitrogens with one attached hydrogen (secondary N) is 2. The van der Waals surface area contributed by atoms with E-state index in [1.165, 1.54) is 0 Å². The monoisotopic (exact) mass is 320 g/mol. The number of hydrogen-bond donors (Lipinski definition) is 2. The van der Waals surface area contributed by atoms with E-state index in [0.29, 0.717) is 0 Å². The summed E-state index contributed by atoms with van der Waals surface area (Å²) >= 11 is 0. The maximum Gasteiger partial charge on any atom is 0.243 e. The minimum absolute atomic E-state index is 0.0792. The molecule has 1 amide bonds. The van der Waals surface area contributed by atoms with Gasteiger partial charge in [0.2, 0.25) is 5.91 Å². The van der Waals surface area contributed by atoms with Crippen LogP contribution in [0, 0.1) is 13.8 Å². The fourth-order valence-electron chi connectivity index (χ4n) is 2.47. The second-order valence-electron chi connectivity index (χ2n) is 5.72. The summed E-state index contributed by atoms with van der Waals surface area (Å²) in [7, 11) is 0. The summed E-state index contributed by atoms with van der Waals surface area (Å²) in [6.07, 6.45) is 3.63. The van der Waals surface area contributed by atoms with E-state index in [4.69, 9.17) is 0 Å². The van der Waals surface area contributed by atoms with Crippen molar-refractivity contribution in [1.82, 2.24) is 9.78 Å². The summed E-state index contributed by atoms with van der Waals surface area (Å²) in [5.74, 6) is -0.0792. The molecule has 24 heavy (non-hydrogen) atoms. The lowest BCUT2D eigenvalue weighted by Gasteiger charge is -2.12. The Hall–Kier alpha value is -3.08. The van der Waals surface area contributed by atoms with Gasteiger partial charge in [-0.05, 0) is 55.3 Å². The van der Waals surface area contributed by atoms with Gasteiger partial charge in [0.1, 0.15) is 0 Å². The molecule has 1 aromatic heterocycles. The Morgan fingerprint density at radius 3 is 2.75 bits per heavy atom. The first-order valence-electron chi connectivity index (χ1n) is 7.83. The molecule has 5 heteroatoms. The molecule has 122 valence electrons. The molecule has 0 radical (unpaired) electrons. The number of rotatable bonds is 5. The molecule has 2 aromatic carbocycles. The quantitative estimate of drug-likeness (QED) is 0.756. The van der Waals surface area contributed by atoms with Crippen molar-refractivity contribution in [2.24, 2.45) is 0 Å². The molecule has 0 aliphatic heterocycles. The number of aryl methyl sites for hydroxylation is 2. The number of carbonyl (C=O) groups excluding carboxylic acids is 1. The minimum atomic E-state index is -0.0792. The Morgan fingerprint density at radius 1 is 1.12 bits per heavy atom. The van der Waals surface area contributed by atoms with Gasteiger partial charge in [0.05, 0.1) is 12.2 Å². The molecule has 0 saturated heterocycles. The largest absolute Gasteiger partial charge is 0.376 e. The SMILES string of the molecule is Cc1cccc(NC(=O)CNc2cc(-n3cccn3)ccc2C)c1. The van der Waals surface area contributed by atoms with Crippen molar-refractivity contribution in [3.63, 3.8) is 0 Å². The van der Waals surface area contributed by atoms with Crippen LogP contribution in [0.2, 0.25) is 0 Å². The van der Waals surface area contributed by atoms with Crippen molar-refractivity contribution in [3.05, 3.63) is 72.1 Å². The van der Waals surface area contributed by atoms with Crippen LogP contribution in [0.5, 0.6) is 0 Å². The first kappa shape index (κ1) is 15.8. The van der Waals surface area contributed by atoms with Gasteiger partial charge in [-0.25, -0.2) is 4.68 Å². The molecule has 1 heterocycles. The van der Waals surface area contributed by atoms with Gasteiger partial charge in [0.15, 0.2) is 0 Å². The zero-order chi connectivity index (χ0) is 16.9. The normalized spacial score (nSPS) is 10.4. The Bertz CT molecular complexity index is 840. The van der Waals surface area contributed by atoms with Gasteiger partial charge in [-0.2, -0.15) is 5.10 Å². The Balaban J connectivity index is 1.65. The number of nitrogens with zero attached hydrogens (tertiary/aromatic N) is 2. The third kappa shape index (κ3) is 3.81. The standard InChI is InChI=1S/C19H20N4O/c1-14-5-3-6-16(11-14)22-19(24)13-20-18-12-17(8-7-15(18)2)23-10-4-9-21-23/h3-12,20H,13H2,1-2H3,(H,22,24). The molecular formula is C19H20N4O. The highest BCUT2D eigenvalue weighted by Crippen LogP contribution is 2.19. The molecule has 0 fully saturated rings. The predicted molar refractivity (Wildman–Crippen MR) is 96.6 cm³/mol. The average Bonchev–Trinajstić information content (AvgIpc) is 3.08. The van der Waals surface area contributed by atoms with Crippen LogP contribution in [-0.4, -0.2) is 22.2 Å². The first-order chi connectivity index (χ1) is 11.6. The molecule has 0 spiro atoms. The van der Waals surface area contributed by atoms with Crippen molar-refractivity contribution in [2.75, 3.05) is 17.2 Å². The van der Waals surface area contributed by atoms with Gasteiger partial charge in [-0.3, -0.25) is 4.79 Å². The van der Waals surface area contributed by atoms with E-state index in [1.54, 1.807) is 10.9 Å². The fourth-order valence-corrected chi connectivity index (χ4v) is 2.47. The molecule has 3 rings (SSSR count). The lowest BCUT2D eigenvalue weighted by atomic mass is 10.2. The van der Waals surface area contributed by atoms with Crippen LogP contribution in [-0.2, 0) is 4.79 Å². The molecule has 2 N–H and O–H groups in total. The first-order valence-corrected chi connectivity index (χ1v) is 7.83. The number of carbonyl (C=O) groups is 1. The van der Waals surface area contributed by atoms with Crippen molar-refractivity contribution in [3.8, 4) is 5.69 Å². The maximum atomic E-state index is 12.1. The van der Waals surface area contributed by atoms with Crippen LogP contribution < -0.4 is 10.6 Å². The second kappa shape index (κ2) is 7.00. The molecule has 3 aromatic rings. The molecule has 5 nitrogen and oxygen atoms in total. The molecule has 0 saturated carbocycles. The van der Waals surface area contributed by atoms with E-state index < -0.39 is 0 Å². The zero-order valence-electron chi connectivity index (χ0n) is 13.8. The van der Waals surface area contributed by atoms with E-state index in [0.717, 1.165) is 28.2 Å². The topological polar surface area (TPSA) is 59.0 Å². The third-order valence-corrected chi connectivity index (χ3v) is 3.73. The second-order valence-corrected chi connectivity index (χ2v) is 5.72. The summed E-state index contributed by atoms with van der Waals surface area (Å²) in [4.78, 5) is 12.1. The van der Waals surface area contributed by atoms with Gasteiger partial charge >= 0.3 is 0 Å². The average molecular weight is 320 g/mol. The Labute approximate surface area is 141 Å². The van der Waals surface area contributed by atoms with Gasteiger partial charge in [0.25, 0.3) is 0 Å². The van der Waals surface area contributed by atoms with Crippen molar-refractivity contribution >= 4 is 17.3 Å². The van der Waals surface area contributed by atoms with E-state index >= 15 is 0 Å². The van der Waals surface area contributed by atoms with Crippen LogP contribution >= 0.6 is 0 Å². The number of anilines is 2. The third-order valence-electron chi connectivity index (χ3n) is 3.73. The van der Waals surface area contributed by atoms with Crippen molar-refractivity contribution < 1.29 is 4.79 Å². The highest BCUT2D eigenvalue weighted by molar-refractivity contribution is 5.93. The fraction of sp³-hybridized carbons (Fsp3) is 0.158. The summed E-state index contributed by atoms with van der Waals surface area (Å²) < 4.78 is 1.79. The molecule has 0 aliphatic rings. The highest BCUT2D eigenvalue weighted by Gasteiger charge is 2.06. The maximum absolute atomic E-state index is 12.1. The summed E-state index contributed by atoms with van der Waals surface area (Å²) in [5, 5.41) is 10.3. The highest BCUT2D eigenvalue weighted by atomic mass is 16.1. The number of aromatic nitrogens is 2. The van der Waals surface area contributed by atoms with Gasteiger partial charge in [-0.15, -0.1) is 0 Å². The smallest absolute Gasteiger partial charge is 0.243 e. The van der Waals surface area contributed by atoms with Crippen molar-refractivity contribution in [2.45, 2.75) is 13.8 Å². The molecule has 0 aliphatic carbocycles. The molecule has 0 bridgehead atoms. The summed E-state index contributed by atoms with van der Waals surface area (Å²) in [6, 6.07) is 15.6. The lowest BCUT2D eigenvalue weighted by molar-refractivity contribution is -0.114. The number of hydrogen-bond acceptors (Lipinski definition) is 3. The van der Waals surface area contributed by atoms with Gasteiger partial charge in [-0.1, -0.05) is 18.2 Å². The predicted octanol–water partition coefficient (Wildman–Crippen LogP) is 3.54. The Kier molecular flexibility index (Phi) is 4.61. The number of benzene rings is 2. The molecule has 0 atom stereocenters. The zero-order valence-corrected chi connectivity index (χ0v) is 13.8. The van der Waals surface area contributed by atoms with E-state index in [-0.39, 0.29) is 12.5 Å². The number of amides is 1. The molecule has 0 unspecified atom stereocenters. The van der Waals surface area contributed by atoms with Crippen LogP contribution in [0.25, 0.3) is 5.69 Å². The lowest BCUT2D eigenvalue weighted by Crippen LogP contribution is -2.22. The Morgan fingerprint density at radius 2 is 2.00 bits per heavy atom. The molecular weight excluding hydrogens is 300 g/mol. The van der Waals surface area contributed by atoms with E-state index in [9.17, 15) is 4.79 Å². The van der Waals surface area contributed by atoms with E-state index in [2.05, 4.69) is 15.7 Å².